The van der Waals surface area contributed by atoms with Gasteiger partial charge in [0, 0.05) is 18.2 Å². The second-order valence-corrected chi connectivity index (χ2v) is 8.51. The summed E-state index contributed by atoms with van der Waals surface area (Å²) in [6.45, 7) is 3.19. The average Bonchev–Trinajstić information content (AvgIpc) is 2.99. The van der Waals surface area contributed by atoms with Crippen LogP contribution >= 0.6 is 0 Å². The normalized spacial score (nSPS) is 15.8. The first-order chi connectivity index (χ1) is 17.3. The summed E-state index contributed by atoms with van der Waals surface area (Å²) >= 11 is 0. The number of carbonyl (C=O) groups excluding carboxylic acids is 3. The molecular weight excluding hydrogens is 456 g/mol. The van der Waals surface area contributed by atoms with Crippen molar-refractivity contribution in [2.45, 2.75) is 26.1 Å². The number of ether oxygens (including phenoxy) is 1. The number of nitrogens with zero attached hydrogens (tertiary/aromatic N) is 2. The van der Waals surface area contributed by atoms with Crippen molar-refractivity contribution < 1.29 is 19.1 Å². The van der Waals surface area contributed by atoms with Crippen molar-refractivity contribution in [2.24, 2.45) is 4.99 Å². The third kappa shape index (κ3) is 5.43. The Morgan fingerprint density at radius 3 is 2.42 bits per heavy atom. The summed E-state index contributed by atoms with van der Waals surface area (Å²) in [6, 6.07) is 23.4. The van der Waals surface area contributed by atoms with Crippen LogP contribution in [0.1, 0.15) is 23.6 Å². The van der Waals surface area contributed by atoms with Crippen LogP contribution in [0.15, 0.2) is 83.9 Å². The molecule has 36 heavy (non-hydrogen) atoms. The number of benzene rings is 3. The van der Waals surface area contributed by atoms with E-state index in [-0.39, 0.29) is 12.5 Å². The summed E-state index contributed by atoms with van der Waals surface area (Å²) in [5.74, 6) is -0.776. The minimum atomic E-state index is -1.16. The van der Waals surface area contributed by atoms with Crippen LogP contribution in [0, 0.1) is 6.92 Å². The first-order valence-electron chi connectivity index (χ1n) is 11.6. The number of nitrogens with one attached hydrogen (secondary N) is 2. The van der Waals surface area contributed by atoms with Crippen LogP contribution in [-0.2, 0) is 14.4 Å². The van der Waals surface area contributed by atoms with Crippen LogP contribution in [0.2, 0.25) is 0 Å². The second kappa shape index (κ2) is 10.9. The summed E-state index contributed by atoms with van der Waals surface area (Å²) in [5, 5.41) is 5.30. The number of hydrogen-bond acceptors (Lipinski definition) is 5. The van der Waals surface area contributed by atoms with Crippen molar-refractivity contribution in [3.8, 4) is 5.75 Å². The van der Waals surface area contributed by atoms with Gasteiger partial charge in [0.2, 0.25) is 12.1 Å². The fourth-order valence-corrected chi connectivity index (χ4v) is 3.91. The Bertz CT molecular complexity index is 1310. The number of rotatable bonds is 7. The topological polar surface area (TPSA) is 100 Å². The van der Waals surface area contributed by atoms with Gasteiger partial charge in [0.05, 0.1) is 11.4 Å². The molecule has 3 amide bonds. The van der Waals surface area contributed by atoms with E-state index < -0.39 is 24.0 Å². The van der Waals surface area contributed by atoms with Gasteiger partial charge in [0.25, 0.3) is 11.8 Å². The van der Waals surface area contributed by atoms with Gasteiger partial charge in [-0.05, 0) is 31.5 Å². The van der Waals surface area contributed by atoms with Crippen LogP contribution in [-0.4, -0.2) is 49.3 Å². The lowest BCUT2D eigenvalue weighted by molar-refractivity contribution is -0.131. The Balaban J connectivity index is 1.49. The number of para-hydroxylation sites is 2. The zero-order valence-corrected chi connectivity index (χ0v) is 20.4. The fraction of sp³-hybridized carbons (Fsp3) is 0.214. The molecule has 0 radical (unpaired) electrons. The van der Waals surface area contributed by atoms with Crippen molar-refractivity contribution in [3.63, 3.8) is 0 Å². The highest BCUT2D eigenvalue weighted by atomic mass is 16.5. The minimum absolute atomic E-state index is 0.237. The highest BCUT2D eigenvalue weighted by Gasteiger charge is 2.32. The van der Waals surface area contributed by atoms with E-state index in [0.717, 1.165) is 16.7 Å². The van der Waals surface area contributed by atoms with E-state index in [1.165, 1.54) is 4.90 Å². The number of carbonyl (C=O) groups is 3. The van der Waals surface area contributed by atoms with Crippen LogP contribution in [0.5, 0.6) is 5.75 Å². The molecule has 0 fully saturated rings. The highest BCUT2D eigenvalue weighted by molar-refractivity contribution is 6.20. The van der Waals surface area contributed by atoms with Gasteiger partial charge in [-0.2, -0.15) is 0 Å². The fourth-order valence-electron chi connectivity index (χ4n) is 3.91. The second-order valence-electron chi connectivity index (χ2n) is 8.51. The maximum Gasteiger partial charge on any atom is 0.272 e. The lowest BCUT2D eigenvalue weighted by Crippen LogP contribution is -2.52. The van der Waals surface area contributed by atoms with Crippen LogP contribution in [0.4, 0.5) is 5.69 Å². The molecule has 3 aromatic carbocycles. The quantitative estimate of drug-likeness (QED) is 0.539. The number of likely N-dealkylation sites (N-methyl/N-ethyl adjacent to an activating group) is 1. The number of fused-ring (bicyclic) bond motifs is 1. The maximum atomic E-state index is 13.3. The van der Waals surface area contributed by atoms with Gasteiger partial charge >= 0.3 is 0 Å². The van der Waals surface area contributed by atoms with Crippen LogP contribution in [0.25, 0.3) is 0 Å². The van der Waals surface area contributed by atoms with Gasteiger partial charge in [0.15, 0.2) is 6.61 Å². The zero-order chi connectivity index (χ0) is 25.7. The number of hydrogen-bond donors (Lipinski definition) is 2. The van der Waals surface area contributed by atoms with Crippen molar-refractivity contribution in [2.75, 3.05) is 18.6 Å². The Hall–Kier alpha value is -4.46. The maximum absolute atomic E-state index is 13.3. The first-order valence-corrected chi connectivity index (χ1v) is 11.6. The molecule has 0 spiro atoms. The molecule has 0 aromatic heterocycles. The number of amides is 3. The predicted molar refractivity (Wildman–Crippen MR) is 138 cm³/mol. The average molecular weight is 485 g/mol. The van der Waals surface area contributed by atoms with Crippen molar-refractivity contribution >= 4 is 29.1 Å². The smallest absolute Gasteiger partial charge is 0.272 e. The summed E-state index contributed by atoms with van der Waals surface area (Å²) < 4.78 is 5.55. The molecule has 1 heterocycles. The summed E-state index contributed by atoms with van der Waals surface area (Å²) in [7, 11) is 1.65. The molecule has 1 aliphatic heterocycles. The van der Waals surface area contributed by atoms with Gasteiger partial charge in [0.1, 0.15) is 11.8 Å². The molecule has 0 aliphatic carbocycles. The van der Waals surface area contributed by atoms with Crippen LogP contribution < -0.4 is 20.3 Å². The van der Waals surface area contributed by atoms with Gasteiger partial charge < -0.3 is 20.3 Å². The lowest BCUT2D eigenvalue weighted by Gasteiger charge is -2.22. The van der Waals surface area contributed by atoms with Crippen molar-refractivity contribution in [1.82, 2.24) is 10.6 Å². The number of benzodiazepines with no additional fused rings is 1. The Labute approximate surface area is 210 Å². The molecule has 8 nitrogen and oxygen atoms in total. The first kappa shape index (κ1) is 24.7. The third-order valence-electron chi connectivity index (χ3n) is 5.89. The summed E-state index contributed by atoms with van der Waals surface area (Å²) in [4.78, 5) is 44.7. The van der Waals surface area contributed by atoms with Gasteiger partial charge in [-0.25, -0.2) is 4.99 Å². The molecule has 2 N–H and O–H groups in total. The van der Waals surface area contributed by atoms with E-state index in [1.54, 1.807) is 20.0 Å². The summed E-state index contributed by atoms with van der Waals surface area (Å²) in [5.41, 5.74) is 3.79. The van der Waals surface area contributed by atoms with E-state index in [0.29, 0.717) is 17.1 Å². The monoisotopic (exact) mass is 484 g/mol. The number of aliphatic imine (C=N–C) groups is 1. The molecule has 4 rings (SSSR count). The molecular formula is C28H28N4O4. The molecule has 0 saturated carbocycles. The molecule has 2 atom stereocenters. The SMILES string of the molecule is Cc1ccccc1OCC(=O)N[C@@H](C)C(=O)N[C@H]1N=C(c2ccccc2)c2ccccc2N(C)C1=O. The molecule has 184 valence electrons. The largest absolute Gasteiger partial charge is 0.484 e. The third-order valence-corrected chi connectivity index (χ3v) is 5.89. The van der Waals surface area contributed by atoms with E-state index in [2.05, 4.69) is 15.6 Å². The molecule has 0 bridgehead atoms. The van der Waals surface area contributed by atoms with Gasteiger partial charge in [-0.1, -0.05) is 66.7 Å². The zero-order valence-electron chi connectivity index (χ0n) is 20.4. The molecule has 8 heteroatoms. The van der Waals surface area contributed by atoms with Gasteiger partial charge in [-0.3, -0.25) is 14.4 Å². The Morgan fingerprint density at radius 2 is 1.67 bits per heavy atom. The summed E-state index contributed by atoms with van der Waals surface area (Å²) in [6.07, 6.45) is -1.16. The molecule has 0 saturated heterocycles. The van der Waals surface area contributed by atoms with Crippen molar-refractivity contribution in [1.29, 1.82) is 0 Å². The predicted octanol–water partition coefficient (Wildman–Crippen LogP) is 2.83. The van der Waals surface area contributed by atoms with E-state index >= 15 is 0 Å². The standard InChI is InChI=1S/C28H28N4O4/c1-18-11-7-10-16-23(18)36-17-24(33)29-19(2)27(34)31-26-28(35)32(3)22-15-9-8-14-21(22)25(30-26)20-12-5-4-6-13-20/h4-16,19,26H,17H2,1-3H3,(H,29,33)(H,31,34)/t19-,26+/m0/s1. The van der Waals surface area contributed by atoms with Crippen LogP contribution in [0.3, 0.4) is 0 Å². The van der Waals surface area contributed by atoms with Crippen molar-refractivity contribution in [3.05, 3.63) is 95.6 Å². The molecule has 0 unspecified atom stereocenters. The Morgan fingerprint density at radius 1 is 1.00 bits per heavy atom. The lowest BCUT2D eigenvalue weighted by atomic mass is 10.0. The number of aryl methyl sites for hydroxylation is 1. The van der Waals surface area contributed by atoms with Gasteiger partial charge in [-0.15, -0.1) is 0 Å². The van der Waals surface area contributed by atoms with E-state index in [1.807, 2.05) is 79.7 Å². The van der Waals surface area contributed by atoms with E-state index in [4.69, 9.17) is 4.74 Å². The minimum Gasteiger partial charge on any atom is -0.484 e. The Kier molecular flexibility index (Phi) is 7.44. The van der Waals surface area contributed by atoms with E-state index in [9.17, 15) is 14.4 Å². The molecule has 1 aliphatic rings. The highest BCUT2D eigenvalue weighted by Crippen LogP contribution is 2.27. The molecule has 3 aromatic rings. The number of anilines is 1.